The molecule has 3 unspecified atom stereocenters. The van der Waals surface area contributed by atoms with E-state index in [-0.39, 0.29) is 36.3 Å². The average Bonchev–Trinajstić information content (AvgIpc) is 2.33. The molecule has 2 saturated heterocycles. The zero-order valence-electron chi connectivity index (χ0n) is 11.7. The highest BCUT2D eigenvalue weighted by atomic mass is 35.5. The minimum atomic E-state index is -3.20. The van der Waals surface area contributed by atoms with E-state index in [2.05, 4.69) is 5.32 Å². The van der Waals surface area contributed by atoms with Crippen LogP contribution in [-0.2, 0) is 14.8 Å². The van der Waals surface area contributed by atoms with Crippen molar-refractivity contribution >= 4 is 22.4 Å². The molecule has 0 radical (unpaired) electrons. The lowest BCUT2D eigenvalue weighted by Crippen LogP contribution is -2.57. The fourth-order valence-corrected chi connectivity index (χ4v) is 4.64. The number of piperazine rings is 1. The topological polar surface area (TPSA) is 58.6 Å². The Bertz CT molecular complexity index is 371. The number of nitrogens with one attached hydrogen (secondary N) is 1. The first-order valence-corrected chi connectivity index (χ1v) is 8.44. The molecular weight excluding hydrogens is 288 g/mol. The molecule has 0 saturated carbocycles. The van der Waals surface area contributed by atoms with Gasteiger partial charge in [-0.25, -0.2) is 8.42 Å². The second kappa shape index (κ2) is 7.22. The Kier molecular flexibility index (Phi) is 6.53. The van der Waals surface area contributed by atoms with Crippen LogP contribution in [0.25, 0.3) is 0 Å². The van der Waals surface area contributed by atoms with Crippen LogP contribution >= 0.6 is 12.4 Å². The highest BCUT2D eigenvalue weighted by Gasteiger charge is 2.34. The molecule has 0 spiro atoms. The van der Waals surface area contributed by atoms with Gasteiger partial charge < -0.3 is 10.1 Å². The largest absolute Gasteiger partial charge is 0.377 e. The third-order valence-corrected chi connectivity index (χ3v) is 5.75. The molecule has 5 nitrogen and oxygen atoms in total. The summed E-state index contributed by atoms with van der Waals surface area (Å²) in [5, 5.41) is 3.30. The second-order valence-corrected chi connectivity index (χ2v) is 7.46. The quantitative estimate of drug-likeness (QED) is 0.844. The summed E-state index contributed by atoms with van der Waals surface area (Å²) < 4.78 is 32.0. The van der Waals surface area contributed by atoms with Crippen LogP contribution in [0.15, 0.2) is 0 Å². The summed E-state index contributed by atoms with van der Waals surface area (Å²) in [4.78, 5) is 0. The molecule has 0 aliphatic carbocycles. The molecule has 1 N–H and O–H groups in total. The monoisotopic (exact) mass is 312 g/mol. The van der Waals surface area contributed by atoms with Gasteiger partial charge in [0.25, 0.3) is 0 Å². The Morgan fingerprint density at radius 3 is 2.68 bits per heavy atom. The fourth-order valence-electron chi connectivity index (χ4n) is 2.65. The molecule has 0 aromatic rings. The molecule has 2 fully saturated rings. The van der Waals surface area contributed by atoms with E-state index in [1.165, 1.54) is 0 Å². The molecule has 19 heavy (non-hydrogen) atoms. The van der Waals surface area contributed by atoms with Gasteiger partial charge in [0, 0.05) is 31.8 Å². The van der Waals surface area contributed by atoms with Crippen molar-refractivity contribution in [3.8, 4) is 0 Å². The zero-order chi connectivity index (χ0) is 13.2. The predicted octanol–water partition coefficient (Wildman–Crippen LogP) is 0.989. The van der Waals surface area contributed by atoms with E-state index in [1.807, 2.05) is 13.8 Å². The van der Waals surface area contributed by atoms with Gasteiger partial charge in [-0.3, -0.25) is 0 Å². The third kappa shape index (κ3) is 4.56. The van der Waals surface area contributed by atoms with Crippen LogP contribution in [0.5, 0.6) is 0 Å². The Balaban J connectivity index is 0.00000180. The molecule has 0 aromatic carbocycles. The highest BCUT2D eigenvalue weighted by molar-refractivity contribution is 7.89. The van der Waals surface area contributed by atoms with E-state index in [4.69, 9.17) is 4.74 Å². The van der Waals surface area contributed by atoms with E-state index in [0.29, 0.717) is 13.2 Å². The summed E-state index contributed by atoms with van der Waals surface area (Å²) >= 11 is 0. The number of halogens is 1. The molecule has 0 bridgehead atoms. The highest BCUT2D eigenvalue weighted by Crippen LogP contribution is 2.19. The Labute approximate surface area is 122 Å². The molecule has 2 aliphatic heterocycles. The summed E-state index contributed by atoms with van der Waals surface area (Å²) in [5.74, 6) is 0.143. The number of sulfonamides is 1. The van der Waals surface area contributed by atoms with Crippen molar-refractivity contribution in [2.24, 2.45) is 0 Å². The Morgan fingerprint density at radius 2 is 2.05 bits per heavy atom. The summed E-state index contributed by atoms with van der Waals surface area (Å²) in [7, 11) is -3.20. The minimum Gasteiger partial charge on any atom is -0.377 e. The van der Waals surface area contributed by atoms with Gasteiger partial charge in [-0.15, -0.1) is 12.4 Å². The zero-order valence-corrected chi connectivity index (χ0v) is 13.3. The Hall–Kier alpha value is 0.120. The average molecular weight is 313 g/mol. The lowest BCUT2D eigenvalue weighted by atomic mass is 10.1. The Morgan fingerprint density at radius 1 is 1.32 bits per heavy atom. The lowest BCUT2D eigenvalue weighted by molar-refractivity contribution is 0.0295. The van der Waals surface area contributed by atoms with Crippen molar-refractivity contribution in [2.75, 3.05) is 25.4 Å². The first-order chi connectivity index (χ1) is 8.49. The van der Waals surface area contributed by atoms with Crippen molar-refractivity contribution in [3.05, 3.63) is 0 Å². The molecule has 3 atom stereocenters. The van der Waals surface area contributed by atoms with E-state index in [9.17, 15) is 8.42 Å². The third-order valence-electron chi connectivity index (χ3n) is 3.73. The molecule has 7 heteroatoms. The van der Waals surface area contributed by atoms with Gasteiger partial charge >= 0.3 is 0 Å². The van der Waals surface area contributed by atoms with Crippen LogP contribution in [0.2, 0.25) is 0 Å². The SMILES string of the molecule is CC1CN(S(=O)(=O)CC2CCCCO2)C(C)CN1.Cl. The summed E-state index contributed by atoms with van der Waals surface area (Å²) in [6.45, 7) is 5.97. The summed E-state index contributed by atoms with van der Waals surface area (Å²) in [5.41, 5.74) is 0. The first-order valence-electron chi connectivity index (χ1n) is 6.83. The molecule has 2 aliphatic rings. The summed E-state index contributed by atoms with van der Waals surface area (Å²) in [6, 6.07) is 0.262. The fraction of sp³-hybridized carbons (Fsp3) is 1.00. The minimum absolute atomic E-state index is 0. The van der Waals surface area contributed by atoms with Crippen molar-refractivity contribution in [2.45, 2.75) is 51.3 Å². The van der Waals surface area contributed by atoms with Crippen LogP contribution in [0.3, 0.4) is 0 Å². The van der Waals surface area contributed by atoms with Gasteiger partial charge in [-0.1, -0.05) is 0 Å². The predicted molar refractivity (Wildman–Crippen MR) is 78.3 cm³/mol. The second-order valence-electron chi connectivity index (χ2n) is 5.50. The van der Waals surface area contributed by atoms with Crippen LogP contribution in [0, 0.1) is 0 Å². The molecular formula is C12H25ClN2O3S. The van der Waals surface area contributed by atoms with Gasteiger partial charge in [0.1, 0.15) is 0 Å². The van der Waals surface area contributed by atoms with Crippen molar-refractivity contribution < 1.29 is 13.2 Å². The number of rotatable bonds is 3. The standard InChI is InChI=1S/C12H24N2O3S.ClH/c1-10-8-14(11(2)7-13-10)18(15,16)9-12-5-3-4-6-17-12;/h10-13H,3-9H2,1-2H3;1H. The van der Waals surface area contributed by atoms with Crippen molar-refractivity contribution in [1.82, 2.24) is 9.62 Å². The lowest BCUT2D eigenvalue weighted by Gasteiger charge is -2.37. The van der Waals surface area contributed by atoms with Gasteiger partial charge in [-0.05, 0) is 33.1 Å². The van der Waals surface area contributed by atoms with Crippen LogP contribution in [0.1, 0.15) is 33.1 Å². The molecule has 0 aromatic heterocycles. The number of nitrogens with zero attached hydrogens (tertiary/aromatic N) is 1. The summed E-state index contributed by atoms with van der Waals surface area (Å²) in [6.07, 6.45) is 2.89. The maximum atomic E-state index is 12.4. The number of hydrogen-bond donors (Lipinski definition) is 1. The maximum absolute atomic E-state index is 12.4. The smallest absolute Gasteiger partial charge is 0.217 e. The van der Waals surface area contributed by atoms with Crippen LogP contribution in [-0.4, -0.2) is 56.4 Å². The number of hydrogen-bond acceptors (Lipinski definition) is 4. The van der Waals surface area contributed by atoms with E-state index in [0.717, 1.165) is 25.8 Å². The van der Waals surface area contributed by atoms with E-state index in [1.54, 1.807) is 4.31 Å². The van der Waals surface area contributed by atoms with Crippen molar-refractivity contribution in [1.29, 1.82) is 0 Å². The van der Waals surface area contributed by atoms with Crippen molar-refractivity contribution in [3.63, 3.8) is 0 Å². The molecule has 2 rings (SSSR count). The van der Waals surface area contributed by atoms with Crippen LogP contribution in [0.4, 0.5) is 0 Å². The number of ether oxygens (including phenoxy) is 1. The molecule has 0 amide bonds. The van der Waals surface area contributed by atoms with E-state index >= 15 is 0 Å². The van der Waals surface area contributed by atoms with Gasteiger partial charge in [0.15, 0.2) is 0 Å². The van der Waals surface area contributed by atoms with Gasteiger partial charge in [0.05, 0.1) is 11.9 Å². The molecule has 114 valence electrons. The van der Waals surface area contributed by atoms with Gasteiger partial charge in [-0.2, -0.15) is 4.31 Å². The first kappa shape index (κ1) is 17.2. The normalized spacial score (nSPS) is 33.7. The van der Waals surface area contributed by atoms with Gasteiger partial charge in [0.2, 0.25) is 10.0 Å². The maximum Gasteiger partial charge on any atom is 0.217 e. The van der Waals surface area contributed by atoms with E-state index < -0.39 is 10.0 Å². The molecule has 2 heterocycles. The van der Waals surface area contributed by atoms with Crippen LogP contribution < -0.4 is 5.32 Å².